The van der Waals surface area contributed by atoms with Crippen molar-refractivity contribution in [1.29, 1.82) is 0 Å². The minimum absolute atomic E-state index is 0.0121. The van der Waals surface area contributed by atoms with Gasteiger partial charge >= 0.3 is 0 Å². The number of nitrogens with zero attached hydrogens (tertiary/aromatic N) is 4. The standard InChI is InChI=1S/C23H22FN5O2/c24-16-3-1-4-17(13-16)26-22-18-14-29(23(30)20-5-2-12-31-20)11-8-19(18)27-21(28-22)15-6-9-25-10-7-15/h1,3-4,6-7,9-10,13,20H,2,5,8,11-12,14H2,(H,26,27,28). The van der Waals surface area contributed by atoms with Gasteiger partial charge in [0.05, 0.1) is 12.2 Å². The zero-order valence-electron chi connectivity index (χ0n) is 16.9. The number of benzene rings is 1. The molecule has 0 aliphatic carbocycles. The van der Waals surface area contributed by atoms with Gasteiger partial charge in [-0.2, -0.15) is 0 Å². The summed E-state index contributed by atoms with van der Waals surface area (Å²) in [4.78, 5) is 28.3. The molecule has 0 bridgehead atoms. The van der Waals surface area contributed by atoms with E-state index in [0.717, 1.165) is 29.7 Å². The summed E-state index contributed by atoms with van der Waals surface area (Å²) in [5.74, 6) is 0.821. The molecule has 8 heteroatoms. The van der Waals surface area contributed by atoms with Crippen LogP contribution in [0.3, 0.4) is 0 Å². The zero-order valence-corrected chi connectivity index (χ0v) is 16.9. The third-order valence-corrected chi connectivity index (χ3v) is 5.60. The molecule has 1 unspecified atom stereocenters. The molecule has 3 aromatic rings. The number of carbonyl (C=O) groups is 1. The SMILES string of the molecule is O=C(C1CCCO1)N1CCc2nc(-c3ccncc3)nc(Nc3cccc(F)c3)c2C1. The van der Waals surface area contributed by atoms with Gasteiger partial charge in [0, 0.05) is 48.8 Å². The van der Waals surface area contributed by atoms with Crippen molar-refractivity contribution in [3.63, 3.8) is 0 Å². The van der Waals surface area contributed by atoms with Crippen LogP contribution in [-0.2, 0) is 22.5 Å². The van der Waals surface area contributed by atoms with Gasteiger partial charge in [-0.25, -0.2) is 14.4 Å². The van der Waals surface area contributed by atoms with Crippen molar-refractivity contribution < 1.29 is 13.9 Å². The molecular formula is C23H22FN5O2. The lowest BCUT2D eigenvalue weighted by Crippen LogP contribution is -2.42. The average molecular weight is 419 g/mol. The second-order valence-corrected chi connectivity index (χ2v) is 7.70. The number of carbonyl (C=O) groups excluding carboxylic acids is 1. The van der Waals surface area contributed by atoms with Gasteiger partial charge in [0.2, 0.25) is 0 Å². The van der Waals surface area contributed by atoms with E-state index in [1.165, 1.54) is 12.1 Å². The molecule has 158 valence electrons. The van der Waals surface area contributed by atoms with Gasteiger partial charge < -0.3 is 15.0 Å². The highest BCUT2D eigenvalue weighted by molar-refractivity contribution is 5.82. The van der Waals surface area contributed by atoms with Crippen molar-refractivity contribution in [3.8, 4) is 11.4 Å². The minimum atomic E-state index is -0.363. The molecule has 0 radical (unpaired) electrons. The second-order valence-electron chi connectivity index (χ2n) is 7.70. The first kappa shape index (κ1) is 19.6. The molecule has 1 fully saturated rings. The predicted molar refractivity (Wildman–Crippen MR) is 113 cm³/mol. The Kier molecular flexibility index (Phi) is 5.30. The molecule has 1 saturated heterocycles. The summed E-state index contributed by atoms with van der Waals surface area (Å²) in [6.07, 6.45) is 5.31. The number of pyridine rings is 1. The monoisotopic (exact) mass is 419 g/mol. The Bertz CT molecular complexity index is 1100. The Labute approximate surface area is 179 Å². The number of aromatic nitrogens is 3. The van der Waals surface area contributed by atoms with Gasteiger partial charge in [0.15, 0.2) is 5.82 Å². The van der Waals surface area contributed by atoms with Gasteiger partial charge in [0.1, 0.15) is 17.7 Å². The van der Waals surface area contributed by atoms with Crippen LogP contribution >= 0.6 is 0 Å². The van der Waals surface area contributed by atoms with Crippen LogP contribution < -0.4 is 5.32 Å². The Morgan fingerprint density at radius 1 is 1.19 bits per heavy atom. The Morgan fingerprint density at radius 3 is 2.84 bits per heavy atom. The molecule has 7 nitrogen and oxygen atoms in total. The number of amides is 1. The van der Waals surface area contributed by atoms with Crippen molar-refractivity contribution in [1.82, 2.24) is 19.9 Å². The molecule has 2 aliphatic heterocycles. The number of hydrogen-bond donors (Lipinski definition) is 1. The number of ether oxygens (including phenoxy) is 1. The van der Waals surface area contributed by atoms with Gasteiger partial charge in [-0.1, -0.05) is 6.07 Å². The topological polar surface area (TPSA) is 80.2 Å². The highest BCUT2D eigenvalue weighted by Crippen LogP contribution is 2.30. The number of anilines is 2. The van der Waals surface area contributed by atoms with Crippen molar-refractivity contribution in [2.45, 2.75) is 31.9 Å². The maximum Gasteiger partial charge on any atom is 0.252 e. The fraction of sp³-hybridized carbons (Fsp3) is 0.304. The molecule has 4 heterocycles. The molecule has 2 aliphatic rings. The lowest BCUT2D eigenvalue weighted by molar-refractivity contribution is -0.141. The predicted octanol–water partition coefficient (Wildman–Crippen LogP) is 3.49. The molecule has 31 heavy (non-hydrogen) atoms. The Balaban J connectivity index is 1.51. The van der Waals surface area contributed by atoms with Crippen molar-refractivity contribution in [2.75, 3.05) is 18.5 Å². The highest BCUT2D eigenvalue weighted by Gasteiger charge is 2.32. The molecule has 0 spiro atoms. The van der Waals surface area contributed by atoms with E-state index in [9.17, 15) is 9.18 Å². The van der Waals surface area contributed by atoms with Crippen molar-refractivity contribution in [2.24, 2.45) is 0 Å². The third-order valence-electron chi connectivity index (χ3n) is 5.60. The van der Waals surface area contributed by atoms with Crippen LogP contribution in [0.5, 0.6) is 0 Å². The fourth-order valence-electron chi connectivity index (χ4n) is 4.01. The Morgan fingerprint density at radius 2 is 2.06 bits per heavy atom. The summed E-state index contributed by atoms with van der Waals surface area (Å²) in [6.45, 7) is 1.60. The molecule has 1 atom stereocenters. The first-order valence-electron chi connectivity index (χ1n) is 10.4. The lowest BCUT2D eigenvalue weighted by Gasteiger charge is -2.31. The molecular weight excluding hydrogens is 397 g/mol. The lowest BCUT2D eigenvalue weighted by atomic mass is 10.0. The second kappa shape index (κ2) is 8.39. The van der Waals surface area contributed by atoms with Crippen LogP contribution in [-0.4, -0.2) is 45.0 Å². The number of rotatable bonds is 4. The molecule has 0 saturated carbocycles. The summed E-state index contributed by atoms with van der Waals surface area (Å²) >= 11 is 0. The van der Waals surface area contributed by atoms with Crippen LogP contribution in [0.15, 0.2) is 48.8 Å². The van der Waals surface area contributed by atoms with Crippen molar-refractivity contribution in [3.05, 3.63) is 65.9 Å². The van der Waals surface area contributed by atoms with Crippen molar-refractivity contribution >= 4 is 17.4 Å². The average Bonchev–Trinajstić information content (AvgIpc) is 3.34. The van der Waals surface area contributed by atoms with Crippen LogP contribution in [0.2, 0.25) is 0 Å². The van der Waals surface area contributed by atoms with E-state index in [1.807, 2.05) is 17.0 Å². The van der Waals surface area contributed by atoms with E-state index >= 15 is 0 Å². The van der Waals surface area contributed by atoms with E-state index in [2.05, 4.69) is 10.3 Å². The highest BCUT2D eigenvalue weighted by atomic mass is 19.1. The van der Waals surface area contributed by atoms with E-state index in [0.29, 0.717) is 43.4 Å². The number of halogens is 1. The largest absolute Gasteiger partial charge is 0.368 e. The number of hydrogen-bond acceptors (Lipinski definition) is 6. The van der Waals surface area contributed by atoms with Crippen LogP contribution in [0.25, 0.3) is 11.4 Å². The summed E-state index contributed by atoms with van der Waals surface area (Å²) in [5.41, 5.74) is 3.17. The van der Waals surface area contributed by atoms with Crippen LogP contribution in [0.1, 0.15) is 24.1 Å². The molecule has 5 rings (SSSR count). The molecule has 1 amide bonds. The van der Waals surface area contributed by atoms with Crippen LogP contribution in [0, 0.1) is 5.82 Å². The maximum atomic E-state index is 13.7. The van der Waals surface area contributed by atoms with E-state index in [4.69, 9.17) is 14.7 Å². The Hall–Kier alpha value is -3.39. The van der Waals surface area contributed by atoms with E-state index < -0.39 is 0 Å². The first-order valence-corrected chi connectivity index (χ1v) is 10.4. The number of nitrogens with one attached hydrogen (secondary N) is 1. The minimum Gasteiger partial charge on any atom is -0.368 e. The zero-order chi connectivity index (χ0) is 21.2. The quantitative estimate of drug-likeness (QED) is 0.697. The van der Waals surface area contributed by atoms with E-state index in [-0.39, 0.29) is 17.8 Å². The summed E-state index contributed by atoms with van der Waals surface area (Å²) in [5, 5.41) is 3.24. The van der Waals surface area contributed by atoms with Crippen LogP contribution in [0.4, 0.5) is 15.9 Å². The molecule has 1 aromatic carbocycles. The summed E-state index contributed by atoms with van der Waals surface area (Å²) < 4.78 is 19.3. The summed E-state index contributed by atoms with van der Waals surface area (Å²) in [6, 6.07) is 9.93. The van der Waals surface area contributed by atoms with Gasteiger partial charge in [-0.15, -0.1) is 0 Å². The van der Waals surface area contributed by atoms with Gasteiger partial charge in [-0.05, 0) is 43.2 Å². The summed E-state index contributed by atoms with van der Waals surface area (Å²) in [7, 11) is 0. The molecule has 2 aromatic heterocycles. The molecule has 1 N–H and O–H groups in total. The first-order chi connectivity index (χ1) is 15.2. The number of fused-ring (bicyclic) bond motifs is 1. The van der Waals surface area contributed by atoms with E-state index in [1.54, 1.807) is 24.5 Å². The smallest absolute Gasteiger partial charge is 0.252 e. The maximum absolute atomic E-state index is 13.7. The third kappa shape index (κ3) is 4.11. The van der Waals surface area contributed by atoms with Gasteiger partial charge in [0.25, 0.3) is 5.91 Å². The fourth-order valence-corrected chi connectivity index (χ4v) is 4.01. The van der Waals surface area contributed by atoms with Gasteiger partial charge in [-0.3, -0.25) is 9.78 Å². The normalized spacial score (nSPS) is 18.0.